The van der Waals surface area contributed by atoms with Crippen molar-refractivity contribution in [1.29, 1.82) is 0 Å². The Morgan fingerprint density at radius 3 is 2.52 bits per heavy atom. The van der Waals surface area contributed by atoms with Gasteiger partial charge in [0.2, 0.25) is 0 Å². The average Bonchev–Trinajstić information content (AvgIpc) is 2.98. The molecular weight excluding hydrogens is 346 g/mol. The van der Waals surface area contributed by atoms with Crippen molar-refractivity contribution in [3.63, 3.8) is 0 Å². The van der Waals surface area contributed by atoms with E-state index in [1.54, 1.807) is 18.7 Å². The van der Waals surface area contributed by atoms with E-state index in [9.17, 15) is 18.0 Å². The summed E-state index contributed by atoms with van der Waals surface area (Å²) in [6.07, 6.45) is 3.20. The molecule has 0 spiro atoms. The SMILES string of the molecule is CC(C)NS(=O)(=O)N1CCN(C(=O)c2coc3c2C(=O)CCC3)CC1. The number of aryl methyl sites for hydroxylation is 1. The van der Waals surface area contributed by atoms with Crippen LogP contribution < -0.4 is 4.72 Å². The normalized spacial score (nSPS) is 19.3. The van der Waals surface area contributed by atoms with Gasteiger partial charge in [-0.15, -0.1) is 0 Å². The van der Waals surface area contributed by atoms with Crippen molar-refractivity contribution in [2.24, 2.45) is 0 Å². The molecule has 9 heteroatoms. The molecule has 1 N–H and O–H groups in total. The zero-order valence-corrected chi connectivity index (χ0v) is 15.3. The first-order valence-electron chi connectivity index (χ1n) is 8.50. The summed E-state index contributed by atoms with van der Waals surface area (Å²) in [6.45, 7) is 4.54. The van der Waals surface area contributed by atoms with Crippen molar-refractivity contribution >= 4 is 21.9 Å². The van der Waals surface area contributed by atoms with Gasteiger partial charge in [0.15, 0.2) is 5.78 Å². The molecule has 1 aliphatic carbocycles. The topological polar surface area (TPSA) is 99.9 Å². The molecule has 1 amide bonds. The number of carbonyl (C=O) groups is 2. The first kappa shape index (κ1) is 18.1. The molecule has 1 aromatic heterocycles. The van der Waals surface area contributed by atoms with Gasteiger partial charge in [0, 0.05) is 45.1 Å². The van der Waals surface area contributed by atoms with E-state index >= 15 is 0 Å². The Labute approximate surface area is 147 Å². The third-order valence-electron chi connectivity index (χ3n) is 4.43. The Kier molecular flexibility index (Phi) is 4.99. The van der Waals surface area contributed by atoms with E-state index in [4.69, 9.17) is 4.42 Å². The molecule has 0 bridgehead atoms. The maximum absolute atomic E-state index is 12.7. The van der Waals surface area contributed by atoms with E-state index in [1.165, 1.54) is 10.6 Å². The summed E-state index contributed by atoms with van der Waals surface area (Å²) in [5, 5.41) is 0. The van der Waals surface area contributed by atoms with Crippen LogP contribution in [0.2, 0.25) is 0 Å². The highest BCUT2D eigenvalue weighted by Gasteiger charge is 2.33. The van der Waals surface area contributed by atoms with Crippen molar-refractivity contribution in [2.45, 2.75) is 39.2 Å². The molecule has 0 saturated carbocycles. The molecule has 2 aliphatic rings. The summed E-state index contributed by atoms with van der Waals surface area (Å²) in [5.74, 6) is 0.261. The fourth-order valence-electron chi connectivity index (χ4n) is 3.25. The maximum atomic E-state index is 12.7. The Morgan fingerprint density at radius 2 is 1.88 bits per heavy atom. The number of Topliss-reactive ketones (excluding diaryl/α,β-unsaturated/α-hetero) is 1. The van der Waals surface area contributed by atoms with Crippen LogP contribution in [0.3, 0.4) is 0 Å². The predicted molar refractivity (Wildman–Crippen MR) is 90.6 cm³/mol. The molecule has 138 valence electrons. The second-order valence-corrected chi connectivity index (χ2v) is 8.40. The molecule has 0 unspecified atom stereocenters. The summed E-state index contributed by atoms with van der Waals surface area (Å²) in [5.41, 5.74) is 0.712. The van der Waals surface area contributed by atoms with Gasteiger partial charge in [-0.05, 0) is 20.3 Å². The zero-order chi connectivity index (χ0) is 18.2. The molecule has 1 aromatic rings. The second-order valence-electron chi connectivity index (χ2n) is 6.69. The van der Waals surface area contributed by atoms with Crippen LogP contribution in [0.4, 0.5) is 0 Å². The van der Waals surface area contributed by atoms with Gasteiger partial charge in [0.1, 0.15) is 12.0 Å². The largest absolute Gasteiger partial charge is 0.468 e. The number of nitrogens with one attached hydrogen (secondary N) is 1. The third kappa shape index (κ3) is 3.63. The number of rotatable bonds is 4. The lowest BCUT2D eigenvalue weighted by Crippen LogP contribution is -2.54. The maximum Gasteiger partial charge on any atom is 0.279 e. The lowest BCUT2D eigenvalue weighted by molar-refractivity contribution is 0.0692. The first-order valence-corrected chi connectivity index (χ1v) is 9.94. The average molecular weight is 369 g/mol. The highest BCUT2D eigenvalue weighted by atomic mass is 32.2. The van der Waals surface area contributed by atoms with Crippen molar-refractivity contribution in [1.82, 2.24) is 13.9 Å². The number of fused-ring (bicyclic) bond motifs is 1. The van der Waals surface area contributed by atoms with Crippen LogP contribution in [0.1, 0.15) is 53.2 Å². The van der Waals surface area contributed by atoms with Gasteiger partial charge in [0.25, 0.3) is 16.1 Å². The number of ketones is 1. The fourth-order valence-corrected chi connectivity index (χ4v) is 4.64. The molecule has 8 nitrogen and oxygen atoms in total. The summed E-state index contributed by atoms with van der Waals surface area (Å²) >= 11 is 0. The summed E-state index contributed by atoms with van der Waals surface area (Å²) < 4.78 is 33.7. The van der Waals surface area contributed by atoms with Crippen molar-refractivity contribution in [3.05, 3.63) is 23.2 Å². The molecule has 0 radical (unpaired) electrons. The van der Waals surface area contributed by atoms with Crippen LogP contribution in [0.5, 0.6) is 0 Å². The van der Waals surface area contributed by atoms with Crippen LogP contribution in [0, 0.1) is 0 Å². The van der Waals surface area contributed by atoms with E-state index in [2.05, 4.69) is 4.72 Å². The van der Waals surface area contributed by atoms with Gasteiger partial charge < -0.3 is 9.32 Å². The van der Waals surface area contributed by atoms with Gasteiger partial charge in [0.05, 0.1) is 11.1 Å². The van der Waals surface area contributed by atoms with Gasteiger partial charge in [-0.2, -0.15) is 17.4 Å². The van der Waals surface area contributed by atoms with Gasteiger partial charge in [-0.3, -0.25) is 9.59 Å². The van der Waals surface area contributed by atoms with Gasteiger partial charge in [-0.1, -0.05) is 0 Å². The van der Waals surface area contributed by atoms with Gasteiger partial charge >= 0.3 is 0 Å². The first-order chi connectivity index (χ1) is 11.8. The van der Waals surface area contributed by atoms with Crippen LogP contribution in [-0.4, -0.2) is 61.5 Å². The van der Waals surface area contributed by atoms with E-state index in [0.29, 0.717) is 29.7 Å². The molecular formula is C16H23N3O5S. The zero-order valence-electron chi connectivity index (χ0n) is 14.4. The lowest BCUT2D eigenvalue weighted by atomic mass is 9.93. The summed E-state index contributed by atoms with van der Waals surface area (Å²) in [4.78, 5) is 26.4. The number of piperazine rings is 1. The highest BCUT2D eigenvalue weighted by Crippen LogP contribution is 2.27. The highest BCUT2D eigenvalue weighted by molar-refractivity contribution is 7.87. The Balaban J connectivity index is 1.69. The quantitative estimate of drug-likeness (QED) is 0.846. The smallest absolute Gasteiger partial charge is 0.279 e. The number of nitrogens with zero attached hydrogens (tertiary/aromatic N) is 2. The Hall–Kier alpha value is -1.71. The van der Waals surface area contributed by atoms with Crippen molar-refractivity contribution in [3.8, 4) is 0 Å². The molecule has 1 saturated heterocycles. The van der Waals surface area contributed by atoms with Crippen LogP contribution >= 0.6 is 0 Å². The molecule has 1 fully saturated rings. The van der Waals surface area contributed by atoms with Crippen LogP contribution in [-0.2, 0) is 16.6 Å². The molecule has 2 heterocycles. The molecule has 3 rings (SSSR count). The van der Waals surface area contributed by atoms with Crippen molar-refractivity contribution < 1.29 is 22.4 Å². The molecule has 1 aliphatic heterocycles. The standard InChI is InChI=1S/C16H23N3O5S/c1-11(2)17-25(22,23)19-8-6-18(7-9-19)16(21)12-10-24-14-5-3-4-13(20)15(12)14/h10-11,17H,3-9H2,1-2H3. The minimum absolute atomic E-state index is 0.0549. The second kappa shape index (κ2) is 6.89. The fraction of sp³-hybridized carbons (Fsp3) is 0.625. The lowest BCUT2D eigenvalue weighted by Gasteiger charge is -2.34. The minimum atomic E-state index is -3.54. The van der Waals surface area contributed by atoms with E-state index in [0.717, 1.165) is 6.42 Å². The number of hydrogen-bond donors (Lipinski definition) is 1. The molecule has 0 aromatic carbocycles. The monoisotopic (exact) mass is 369 g/mol. The molecule has 0 atom stereocenters. The van der Waals surface area contributed by atoms with Gasteiger partial charge in [-0.25, -0.2) is 0 Å². The van der Waals surface area contributed by atoms with Crippen LogP contribution in [0.15, 0.2) is 10.7 Å². The van der Waals surface area contributed by atoms with E-state index < -0.39 is 10.2 Å². The predicted octanol–water partition coefficient (Wildman–Crippen LogP) is 0.799. The Morgan fingerprint density at radius 1 is 1.20 bits per heavy atom. The number of carbonyl (C=O) groups excluding carboxylic acids is 2. The Bertz CT molecular complexity index is 776. The third-order valence-corrected chi connectivity index (χ3v) is 6.25. The number of amides is 1. The summed E-state index contributed by atoms with van der Waals surface area (Å²) in [6, 6.07) is -0.187. The van der Waals surface area contributed by atoms with E-state index in [-0.39, 0.29) is 43.9 Å². The minimum Gasteiger partial charge on any atom is -0.468 e. The molecule has 25 heavy (non-hydrogen) atoms. The number of furan rings is 1. The number of hydrogen-bond acceptors (Lipinski definition) is 5. The van der Waals surface area contributed by atoms with Crippen molar-refractivity contribution in [2.75, 3.05) is 26.2 Å². The summed E-state index contributed by atoms with van der Waals surface area (Å²) in [7, 11) is -3.54. The van der Waals surface area contributed by atoms with Crippen LogP contribution in [0.25, 0.3) is 0 Å². The van der Waals surface area contributed by atoms with E-state index in [1.807, 2.05) is 0 Å².